The van der Waals surface area contributed by atoms with Crippen LogP contribution in [0.5, 0.6) is 0 Å². The Kier molecular flexibility index (Phi) is 4.48. The van der Waals surface area contributed by atoms with Crippen molar-refractivity contribution in [3.8, 4) is 0 Å². The van der Waals surface area contributed by atoms with E-state index in [9.17, 15) is 4.79 Å². The Morgan fingerprint density at radius 1 is 1.35 bits per heavy atom. The van der Waals surface area contributed by atoms with Crippen LogP contribution < -0.4 is 5.32 Å². The molecule has 1 aliphatic carbocycles. The molecule has 4 heteroatoms. The Morgan fingerprint density at radius 2 is 2.06 bits per heavy atom. The van der Waals surface area contributed by atoms with Crippen molar-refractivity contribution >= 4 is 23.5 Å². The van der Waals surface area contributed by atoms with E-state index in [2.05, 4.69) is 10.3 Å². The predicted octanol–water partition coefficient (Wildman–Crippen LogP) is 2.61. The average molecular weight is 254 g/mol. The molecule has 0 aromatic rings. The van der Waals surface area contributed by atoms with E-state index >= 15 is 0 Å². The van der Waals surface area contributed by atoms with Crippen molar-refractivity contribution in [1.82, 2.24) is 5.32 Å². The molecule has 1 amide bonds. The number of hydrogen-bond acceptors (Lipinski definition) is 3. The molecule has 0 spiro atoms. The van der Waals surface area contributed by atoms with Crippen molar-refractivity contribution < 1.29 is 4.79 Å². The standard InChI is InChI=1S/C13H22N2OS/c1-9(2)12-13(16)15-11(14-12)8-17-10-6-4-3-5-7-10/h9-10,12H,3-8H2,1-2H3,(H,14,15,16). The molecule has 1 N–H and O–H groups in total. The molecule has 1 unspecified atom stereocenters. The van der Waals surface area contributed by atoms with E-state index in [1.165, 1.54) is 32.1 Å². The van der Waals surface area contributed by atoms with Crippen LogP contribution in [0.3, 0.4) is 0 Å². The van der Waals surface area contributed by atoms with Gasteiger partial charge in [0.05, 0.1) is 5.75 Å². The molecule has 96 valence electrons. The molecule has 0 aromatic carbocycles. The maximum Gasteiger partial charge on any atom is 0.250 e. The van der Waals surface area contributed by atoms with E-state index in [1.807, 2.05) is 25.6 Å². The number of hydrogen-bond donors (Lipinski definition) is 1. The van der Waals surface area contributed by atoms with Gasteiger partial charge in [-0.15, -0.1) is 0 Å². The quantitative estimate of drug-likeness (QED) is 0.838. The van der Waals surface area contributed by atoms with Gasteiger partial charge in [-0.1, -0.05) is 33.1 Å². The first-order chi connectivity index (χ1) is 8.16. The van der Waals surface area contributed by atoms with Crippen LogP contribution >= 0.6 is 11.8 Å². The number of amides is 1. The third kappa shape index (κ3) is 3.47. The zero-order valence-electron chi connectivity index (χ0n) is 10.7. The largest absolute Gasteiger partial charge is 0.312 e. The Hall–Kier alpha value is -0.510. The van der Waals surface area contributed by atoms with E-state index in [1.54, 1.807) is 0 Å². The SMILES string of the molecule is CC(C)C1N=C(CSC2CCCCC2)NC1=O. The molecule has 0 aromatic heterocycles. The van der Waals surface area contributed by atoms with Gasteiger partial charge in [-0.25, -0.2) is 0 Å². The second-order valence-corrected chi connectivity index (χ2v) is 6.61. The van der Waals surface area contributed by atoms with Crippen LogP contribution in [0.4, 0.5) is 0 Å². The second kappa shape index (κ2) is 5.89. The third-order valence-corrected chi connectivity index (χ3v) is 4.85. The van der Waals surface area contributed by atoms with Gasteiger partial charge in [0.15, 0.2) is 0 Å². The smallest absolute Gasteiger partial charge is 0.250 e. The highest BCUT2D eigenvalue weighted by atomic mass is 32.2. The summed E-state index contributed by atoms with van der Waals surface area (Å²) >= 11 is 1.96. The fourth-order valence-corrected chi connectivity index (χ4v) is 3.64. The normalized spacial score (nSPS) is 26.2. The summed E-state index contributed by atoms with van der Waals surface area (Å²) in [6.07, 6.45) is 6.79. The summed E-state index contributed by atoms with van der Waals surface area (Å²) in [5.74, 6) is 2.15. The minimum Gasteiger partial charge on any atom is -0.312 e. The lowest BCUT2D eigenvalue weighted by Crippen LogP contribution is -2.32. The number of carbonyl (C=O) groups is 1. The van der Waals surface area contributed by atoms with Crippen LogP contribution in [0, 0.1) is 5.92 Å². The molecule has 1 atom stereocenters. The van der Waals surface area contributed by atoms with Gasteiger partial charge in [-0.3, -0.25) is 9.79 Å². The second-order valence-electron chi connectivity index (χ2n) is 5.32. The molecule has 17 heavy (non-hydrogen) atoms. The van der Waals surface area contributed by atoms with Crippen LogP contribution in [-0.2, 0) is 4.79 Å². The maximum atomic E-state index is 11.6. The van der Waals surface area contributed by atoms with Crippen molar-refractivity contribution in [2.75, 3.05) is 5.75 Å². The summed E-state index contributed by atoms with van der Waals surface area (Å²) < 4.78 is 0. The number of nitrogens with zero attached hydrogens (tertiary/aromatic N) is 1. The van der Waals surface area contributed by atoms with E-state index in [-0.39, 0.29) is 11.9 Å². The van der Waals surface area contributed by atoms with Crippen molar-refractivity contribution in [3.63, 3.8) is 0 Å². The fourth-order valence-electron chi connectivity index (χ4n) is 2.43. The van der Waals surface area contributed by atoms with Crippen LogP contribution in [-0.4, -0.2) is 28.8 Å². The fraction of sp³-hybridized carbons (Fsp3) is 0.846. The first-order valence-corrected chi connectivity index (χ1v) is 7.71. The first-order valence-electron chi connectivity index (χ1n) is 6.66. The van der Waals surface area contributed by atoms with Gasteiger partial charge in [-0.05, 0) is 18.8 Å². The molecule has 2 rings (SSSR count). The first kappa shape index (κ1) is 12.9. The van der Waals surface area contributed by atoms with Crippen LogP contribution in [0.1, 0.15) is 46.0 Å². The van der Waals surface area contributed by atoms with Crippen molar-refractivity contribution in [2.45, 2.75) is 57.2 Å². The highest BCUT2D eigenvalue weighted by Crippen LogP contribution is 2.28. The Labute approximate surface area is 108 Å². The van der Waals surface area contributed by atoms with Gasteiger partial charge in [0.1, 0.15) is 11.9 Å². The highest BCUT2D eigenvalue weighted by Gasteiger charge is 2.29. The summed E-state index contributed by atoms with van der Waals surface area (Å²) in [5, 5.41) is 3.69. The van der Waals surface area contributed by atoms with E-state index in [4.69, 9.17) is 0 Å². The molecule has 1 fully saturated rings. The lowest BCUT2D eigenvalue weighted by molar-refractivity contribution is -0.120. The Morgan fingerprint density at radius 3 is 2.65 bits per heavy atom. The van der Waals surface area contributed by atoms with Gasteiger partial charge in [-0.2, -0.15) is 11.8 Å². The van der Waals surface area contributed by atoms with E-state index < -0.39 is 0 Å². The van der Waals surface area contributed by atoms with Crippen molar-refractivity contribution in [1.29, 1.82) is 0 Å². The zero-order valence-corrected chi connectivity index (χ0v) is 11.6. The monoisotopic (exact) mass is 254 g/mol. The molecule has 1 heterocycles. The Balaban J connectivity index is 1.79. The van der Waals surface area contributed by atoms with Gasteiger partial charge >= 0.3 is 0 Å². The lowest BCUT2D eigenvalue weighted by Gasteiger charge is -2.20. The molecule has 0 bridgehead atoms. The van der Waals surface area contributed by atoms with E-state index in [0.29, 0.717) is 5.92 Å². The summed E-state index contributed by atoms with van der Waals surface area (Å²) in [6.45, 7) is 4.09. The topological polar surface area (TPSA) is 41.5 Å². The minimum atomic E-state index is -0.156. The van der Waals surface area contributed by atoms with Crippen LogP contribution in [0.25, 0.3) is 0 Å². The number of rotatable bonds is 4. The molecular weight excluding hydrogens is 232 g/mol. The van der Waals surface area contributed by atoms with Gasteiger partial charge in [0.2, 0.25) is 5.91 Å². The maximum absolute atomic E-state index is 11.6. The van der Waals surface area contributed by atoms with Crippen molar-refractivity contribution in [3.05, 3.63) is 0 Å². The summed E-state index contributed by atoms with van der Waals surface area (Å²) in [7, 11) is 0. The Bertz CT molecular complexity index is 309. The molecule has 0 radical (unpaired) electrons. The summed E-state index contributed by atoms with van der Waals surface area (Å²) in [6, 6.07) is -0.156. The summed E-state index contributed by atoms with van der Waals surface area (Å²) in [5.41, 5.74) is 0. The zero-order chi connectivity index (χ0) is 12.3. The molecule has 1 saturated carbocycles. The molecule has 3 nitrogen and oxygen atoms in total. The molecule has 0 saturated heterocycles. The third-order valence-electron chi connectivity index (χ3n) is 3.47. The average Bonchev–Trinajstić information content (AvgIpc) is 2.69. The molecule has 1 aliphatic heterocycles. The molecule has 2 aliphatic rings. The number of carbonyl (C=O) groups excluding carboxylic acids is 1. The lowest BCUT2D eigenvalue weighted by atomic mass is 10.0. The van der Waals surface area contributed by atoms with E-state index in [0.717, 1.165) is 16.8 Å². The highest BCUT2D eigenvalue weighted by molar-refractivity contribution is 8.00. The summed E-state index contributed by atoms with van der Waals surface area (Å²) in [4.78, 5) is 16.1. The predicted molar refractivity (Wildman–Crippen MR) is 73.5 cm³/mol. The van der Waals surface area contributed by atoms with Gasteiger partial charge in [0.25, 0.3) is 0 Å². The van der Waals surface area contributed by atoms with Gasteiger partial charge < -0.3 is 5.32 Å². The van der Waals surface area contributed by atoms with Crippen LogP contribution in [0.2, 0.25) is 0 Å². The van der Waals surface area contributed by atoms with Gasteiger partial charge in [0, 0.05) is 5.25 Å². The molecular formula is C13H22N2OS. The number of amidine groups is 1. The number of aliphatic imine (C=N–C) groups is 1. The number of thioether (sulfide) groups is 1. The minimum absolute atomic E-state index is 0.0826. The van der Waals surface area contributed by atoms with Crippen molar-refractivity contribution in [2.24, 2.45) is 10.9 Å². The number of nitrogens with one attached hydrogen (secondary N) is 1. The van der Waals surface area contributed by atoms with Crippen LogP contribution in [0.15, 0.2) is 4.99 Å².